The number of hydrogen-bond acceptors (Lipinski definition) is 0. The Hall–Kier alpha value is -1.50. The van der Waals surface area contributed by atoms with E-state index >= 15 is 0 Å². The van der Waals surface area contributed by atoms with Crippen molar-refractivity contribution >= 4 is 0 Å². The van der Waals surface area contributed by atoms with Crippen LogP contribution in [0.5, 0.6) is 0 Å². The molecule has 2 saturated carbocycles. The lowest BCUT2D eigenvalue weighted by molar-refractivity contribution is 0.352. The van der Waals surface area contributed by atoms with Gasteiger partial charge in [-0.2, -0.15) is 0 Å². The zero-order valence-electron chi connectivity index (χ0n) is 11.3. The van der Waals surface area contributed by atoms with Crippen LogP contribution in [-0.2, 0) is 7.05 Å². The van der Waals surface area contributed by atoms with Crippen molar-refractivity contribution in [1.82, 2.24) is 4.57 Å². The summed E-state index contributed by atoms with van der Waals surface area (Å²) in [5, 5.41) is 0. The lowest BCUT2D eigenvalue weighted by Gasteiger charge is -2.37. The number of rotatable bonds is 0. The Bertz CT molecular complexity index is 666. The van der Waals surface area contributed by atoms with Gasteiger partial charge in [0.15, 0.2) is 0 Å². The minimum Gasteiger partial charge on any atom is -0.354 e. The molecule has 0 spiro atoms. The van der Waals surface area contributed by atoms with Crippen molar-refractivity contribution in [2.45, 2.75) is 31.1 Å². The van der Waals surface area contributed by atoms with E-state index in [9.17, 15) is 0 Å². The second-order valence-corrected chi connectivity index (χ2v) is 6.70. The molecule has 4 unspecified atom stereocenters. The Morgan fingerprint density at radius 2 is 1.74 bits per heavy atom. The molecule has 1 aromatic heterocycles. The van der Waals surface area contributed by atoms with Crippen molar-refractivity contribution in [1.29, 1.82) is 0 Å². The maximum absolute atomic E-state index is 2.39. The van der Waals surface area contributed by atoms with Gasteiger partial charge in [-0.3, -0.25) is 0 Å². The zero-order valence-corrected chi connectivity index (χ0v) is 11.3. The molecule has 1 heterocycles. The lowest BCUT2D eigenvalue weighted by atomic mass is 9.68. The first kappa shape index (κ1) is 10.3. The van der Waals surface area contributed by atoms with Crippen LogP contribution in [0.15, 0.2) is 36.5 Å². The average Bonchev–Trinajstić information content (AvgIpc) is 3.13. The normalized spacial score (nSPS) is 33.9. The van der Waals surface area contributed by atoms with Crippen molar-refractivity contribution in [2.75, 3.05) is 0 Å². The molecule has 0 aliphatic heterocycles. The molecule has 0 N–H and O–H groups in total. The molecule has 2 fully saturated rings. The SMILES string of the molecule is Cn1ccc2c1C1C3CCC(C3)C1c1ccccc1-2. The molecule has 1 nitrogen and oxygen atoms in total. The molecule has 3 aliphatic rings. The first-order valence-electron chi connectivity index (χ1n) is 7.59. The molecule has 96 valence electrons. The van der Waals surface area contributed by atoms with E-state index in [0.29, 0.717) is 0 Å². The summed E-state index contributed by atoms with van der Waals surface area (Å²) in [5.41, 5.74) is 6.27. The first-order valence-corrected chi connectivity index (χ1v) is 7.59. The second kappa shape index (κ2) is 3.33. The largest absolute Gasteiger partial charge is 0.354 e. The van der Waals surface area contributed by atoms with Gasteiger partial charge in [-0.15, -0.1) is 0 Å². The molecular weight excluding hydrogens is 230 g/mol. The van der Waals surface area contributed by atoms with Crippen LogP contribution in [0.4, 0.5) is 0 Å². The van der Waals surface area contributed by atoms with Crippen molar-refractivity contribution in [3.05, 3.63) is 47.8 Å². The standard InChI is InChI=1S/C18H19N/c1-19-9-8-15-13-4-2-3-5-14(13)16-11-6-7-12(10-11)17(16)18(15)19/h2-5,8-9,11-12,16-17H,6-7,10H2,1H3. The van der Waals surface area contributed by atoms with Gasteiger partial charge in [-0.1, -0.05) is 24.3 Å². The van der Waals surface area contributed by atoms with E-state index in [1.807, 2.05) is 0 Å². The fourth-order valence-electron chi connectivity index (χ4n) is 5.35. The van der Waals surface area contributed by atoms with Gasteiger partial charge in [-0.05, 0) is 54.2 Å². The van der Waals surface area contributed by atoms with Crippen molar-refractivity contribution in [3.63, 3.8) is 0 Å². The highest BCUT2D eigenvalue weighted by Crippen LogP contribution is 2.64. The number of aromatic nitrogens is 1. The average molecular weight is 249 g/mol. The van der Waals surface area contributed by atoms with Crippen LogP contribution in [-0.4, -0.2) is 4.57 Å². The highest BCUT2D eigenvalue weighted by atomic mass is 14.9. The molecule has 1 heteroatoms. The van der Waals surface area contributed by atoms with Gasteiger partial charge in [0, 0.05) is 30.4 Å². The molecule has 5 rings (SSSR count). The number of fused-ring (bicyclic) bond motifs is 10. The van der Waals surface area contributed by atoms with E-state index in [1.54, 1.807) is 11.3 Å². The van der Waals surface area contributed by atoms with Crippen LogP contribution in [0.1, 0.15) is 42.4 Å². The molecule has 19 heavy (non-hydrogen) atoms. The van der Waals surface area contributed by atoms with E-state index in [-0.39, 0.29) is 0 Å². The Labute approximate surface area is 114 Å². The summed E-state index contributed by atoms with van der Waals surface area (Å²) in [6.45, 7) is 0. The van der Waals surface area contributed by atoms with Crippen LogP contribution in [0.25, 0.3) is 11.1 Å². The molecule has 0 amide bonds. The molecule has 1 aromatic carbocycles. The first-order chi connectivity index (χ1) is 9.34. The van der Waals surface area contributed by atoms with E-state index < -0.39 is 0 Å². The summed E-state index contributed by atoms with van der Waals surface area (Å²) < 4.78 is 2.39. The van der Waals surface area contributed by atoms with E-state index in [2.05, 4.69) is 48.1 Å². The molecule has 0 saturated heterocycles. The Morgan fingerprint density at radius 3 is 2.63 bits per heavy atom. The monoisotopic (exact) mass is 249 g/mol. The quantitative estimate of drug-likeness (QED) is 0.656. The van der Waals surface area contributed by atoms with Gasteiger partial charge in [0.2, 0.25) is 0 Å². The number of benzene rings is 1. The fraction of sp³-hybridized carbons (Fsp3) is 0.444. The summed E-state index contributed by atoms with van der Waals surface area (Å²) in [4.78, 5) is 0. The number of aryl methyl sites for hydroxylation is 1. The van der Waals surface area contributed by atoms with E-state index in [4.69, 9.17) is 0 Å². The molecule has 2 aromatic rings. The van der Waals surface area contributed by atoms with Gasteiger partial charge >= 0.3 is 0 Å². The van der Waals surface area contributed by atoms with Gasteiger partial charge < -0.3 is 4.57 Å². The van der Waals surface area contributed by atoms with Gasteiger partial charge in [0.05, 0.1) is 0 Å². The lowest BCUT2D eigenvalue weighted by Crippen LogP contribution is -2.25. The molecular formula is C18H19N. The van der Waals surface area contributed by atoms with Gasteiger partial charge in [0.1, 0.15) is 0 Å². The summed E-state index contributed by atoms with van der Waals surface area (Å²) >= 11 is 0. The minimum atomic E-state index is 0.795. The van der Waals surface area contributed by atoms with Gasteiger partial charge in [-0.25, -0.2) is 0 Å². The Kier molecular flexibility index (Phi) is 1.81. The summed E-state index contributed by atoms with van der Waals surface area (Å²) in [6, 6.07) is 11.5. The molecule has 0 radical (unpaired) electrons. The maximum Gasteiger partial charge on any atom is 0.0291 e. The summed E-state index contributed by atoms with van der Waals surface area (Å²) in [5.74, 6) is 3.48. The summed E-state index contributed by atoms with van der Waals surface area (Å²) in [6.07, 6.45) is 6.64. The van der Waals surface area contributed by atoms with Crippen LogP contribution >= 0.6 is 0 Å². The molecule has 4 atom stereocenters. The van der Waals surface area contributed by atoms with Crippen LogP contribution in [0.2, 0.25) is 0 Å². The molecule has 2 bridgehead atoms. The van der Waals surface area contributed by atoms with Crippen molar-refractivity contribution in [2.24, 2.45) is 18.9 Å². The van der Waals surface area contributed by atoms with Crippen LogP contribution < -0.4 is 0 Å². The van der Waals surface area contributed by atoms with E-state index in [1.165, 1.54) is 30.4 Å². The predicted octanol–water partition coefficient (Wildman–Crippen LogP) is 4.30. The van der Waals surface area contributed by atoms with Crippen molar-refractivity contribution in [3.8, 4) is 11.1 Å². The third-order valence-electron chi connectivity index (χ3n) is 5.96. The smallest absolute Gasteiger partial charge is 0.0291 e. The third kappa shape index (κ3) is 1.13. The summed E-state index contributed by atoms with van der Waals surface area (Å²) in [7, 11) is 2.23. The number of hydrogen-bond donors (Lipinski definition) is 0. The van der Waals surface area contributed by atoms with Gasteiger partial charge in [0.25, 0.3) is 0 Å². The van der Waals surface area contributed by atoms with Crippen LogP contribution in [0, 0.1) is 11.8 Å². The predicted molar refractivity (Wildman–Crippen MR) is 77.2 cm³/mol. The third-order valence-corrected chi connectivity index (χ3v) is 5.96. The second-order valence-electron chi connectivity index (χ2n) is 6.70. The zero-order chi connectivity index (χ0) is 12.6. The topological polar surface area (TPSA) is 4.93 Å². The minimum absolute atomic E-state index is 0.795. The Morgan fingerprint density at radius 1 is 0.947 bits per heavy atom. The Balaban J connectivity index is 1.84. The van der Waals surface area contributed by atoms with Crippen LogP contribution in [0.3, 0.4) is 0 Å². The molecule has 3 aliphatic carbocycles. The highest BCUT2D eigenvalue weighted by Gasteiger charge is 2.52. The van der Waals surface area contributed by atoms with Crippen molar-refractivity contribution < 1.29 is 0 Å². The van der Waals surface area contributed by atoms with E-state index in [0.717, 1.165) is 23.7 Å². The highest BCUT2D eigenvalue weighted by molar-refractivity contribution is 5.75. The maximum atomic E-state index is 2.39. The fourth-order valence-corrected chi connectivity index (χ4v) is 5.35. The number of nitrogens with zero attached hydrogens (tertiary/aromatic N) is 1.